The van der Waals surface area contributed by atoms with Crippen LogP contribution < -0.4 is 9.46 Å². The molecule has 0 aliphatic carbocycles. The number of benzene rings is 2. The average molecular weight is 399 g/mol. The monoisotopic (exact) mass is 398 g/mol. The Hall–Kier alpha value is -2.45. The number of para-hydroxylation sites is 1. The first kappa shape index (κ1) is 18.3. The van der Waals surface area contributed by atoms with Gasteiger partial charge in [0.1, 0.15) is 10.6 Å². The molecule has 0 spiro atoms. The van der Waals surface area contributed by atoms with Gasteiger partial charge < -0.3 is 4.74 Å². The van der Waals surface area contributed by atoms with E-state index < -0.39 is 26.8 Å². The molecule has 0 amide bonds. The van der Waals surface area contributed by atoms with Crippen LogP contribution in [0.2, 0.25) is 5.02 Å². The zero-order valence-electron chi connectivity index (χ0n) is 13.4. The van der Waals surface area contributed by atoms with E-state index in [-0.39, 0.29) is 10.7 Å². The van der Waals surface area contributed by atoms with Gasteiger partial charge in [-0.3, -0.25) is 9.71 Å². The van der Waals surface area contributed by atoms with E-state index >= 15 is 0 Å². The van der Waals surface area contributed by atoms with E-state index in [0.717, 1.165) is 17.5 Å². The highest BCUT2D eigenvalue weighted by atomic mass is 35.5. The number of sulfonamides is 1. The predicted octanol–water partition coefficient (Wildman–Crippen LogP) is 4.68. The number of hydrogen-bond donors (Lipinski definition) is 1. The van der Waals surface area contributed by atoms with E-state index in [1.165, 1.54) is 12.3 Å². The second-order valence-corrected chi connectivity index (χ2v) is 7.61. The molecule has 0 unspecified atom stereocenters. The predicted molar refractivity (Wildman–Crippen MR) is 95.3 cm³/mol. The zero-order chi connectivity index (χ0) is 18.9. The molecule has 0 fully saturated rings. The Morgan fingerprint density at radius 2 is 1.88 bits per heavy atom. The van der Waals surface area contributed by atoms with E-state index in [1.807, 2.05) is 0 Å². The minimum Gasteiger partial charge on any atom is -0.431 e. The van der Waals surface area contributed by atoms with Crippen molar-refractivity contribution in [3.8, 4) is 5.75 Å². The van der Waals surface area contributed by atoms with Crippen LogP contribution in [0.5, 0.6) is 5.75 Å². The van der Waals surface area contributed by atoms with Gasteiger partial charge in [-0.1, -0.05) is 29.8 Å². The normalized spacial score (nSPS) is 12.2. The molecule has 9 heteroatoms. The van der Waals surface area contributed by atoms with Gasteiger partial charge in [-0.15, -0.1) is 0 Å². The highest BCUT2D eigenvalue weighted by Gasteiger charge is 2.28. The quantitative estimate of drug-likeness (QED) is 0.677. The number of ether oxygens (including phenoxy) is 1. The summed E-state index contributed by atoms with van der Waals surface area (Å²) in [6.07, 6.45) is -2.22. The second-order valence-electron chi connectivity index (χ2n) is 5.52. The number of aromatic nitrogens is 1. The Bertz CT molecular complexity index is 1070. The van der Waals surface area contributed by atoms with Crippen molar-refractivity contribution in [1.82, 2.24) is 4.98 Å². The molecule has 26 heavy (non-hydrogen) atoms. The van der Waals surface area contributed by atoms with Crippen LogP contribution in [0.3, 0.4) is 0 Å². The summed E-state index contributed by atoms with van der Waals surface area (Å²) in [7, 11) is -4.24. The van der Waals surface area contributed by atoms with Gasteiger partial charge in [0.2, 0.25) is 0 Å². The van der Waals surface area contributed by atoms with Crippen molar-refractivity contribution < 1.29 is 21.9 Å². The maximum atomic E-state index is 13.2. The summed E-state index contributed by atoms with van der Waals surface area (Å²) in [5.41, 5.74) is 0.866. The molecule has 2 aromatic carbocycles. The Morgan fingerprint density at radius 1 is 1.15 bits per heavy atom. The molecule has 1 heterocycles. The lowest BCUT2D eigenvalue weighted by Gasteiger charge is -2.17. The van der Waals surface area contributed by atoms with Crippen molar-refractivity contribution in [2.45, 2.75) is 17.9 Å². The fourth-order valence-corrected chi connectivity index (χ4v) is 3.73. The van der Waals surface area contributed by atoms with Crippen LogP contribution in [-0.4, -0.2) is 19.5 Å². The maximum absolute atomic E-state index is 13.2. The lowest BCUT2D eigenvalue weighted by Crippen LogP contribution is -2.22. The molecule has 0 aliphatic rings. The fourth-order valence-electron chi connectivity index (χ4n) is 2.31. The molecule has 136 valence electrons. The molecule has 0 bridgehead atoms. The topological polar surface area (TPSA) is 68.3 Å². The smallest absolute Gasteiger partial charge is 0.394 e. The van der Waals surface area contributed by atoms with E-state index in [2.05, 4.69) is 14.4 Å². The highest BCUT2D eigenvalue weighted by molar-refractivity contribution is 7.92. The van der Waals surface area contributed by atoms with E-state index in [0.29, 0.717) is 12.4 Å². The van der Waals surface area contributed by atoms with Gasteiger partial charge in [0.05, 0.1) is 17.4 Å². The number of hydrogen-bond acceptors (Lipinski definition) is 4. The highest BCUT2D eigenvalue weighted by Crippen LogP contribution is 2.32. The first-order chi connectivity index (χ1) is 12.1. The third kappa shape index (κ3) is 4.20. The molecule has 0 saturated carbocycles. The maximum Gasteiger partial charge on any atom is 0.394 e. The average Bonchev–Trinajstić information content (AvgIpc) is 2.55. The minimum atomic E-state index is -4.24. The molecule has 0 aliphatic heterocycles. The van der Waals surface area contributed by atoms with Crippen LogP contribution in [0.25, 0.3) is 10.9 Å². The Kier molecular flexibility index (Phi) is 4.72. The number of nitrogens with zero attached hydrogens (tertiary/aromatic N) is 1. The van der Waals surface area contributed by atoms with Gasteiger partial charge in [-0.05, 0) is 30.3 Å². The van der Waals surface area contributed by atoms with Gasteiger partial charge in [0, 0.05) is 17.3 Å². The lowest BCUT2D eigenvalue weighted by molar-refractivity contribution is -0.160. The van der Waals surface area contributed by atoms with Crippen LogP contribution in [0, 0.1) is 0 Å². The van der Waals surface area contributed by atoms with Crippen LogP contribution in [0.1, 0.15) is 6.92 Å². The molecular formula is C17H13ClF2N2O3S. The summed E-state index contributed by atoms with van der Waals surface area (Å²) in [4.78, 5) is 3.65. The van der Waals surface area contributed by atoms with Crippen molar-refractivity contribution in [2.24, 2.45) is 0 Å². The molecule has 0 radical (unpaired) electrons. The van der Waals surface area contributed by atoms with Crippen LogP contribution in [0.4, 0.5) is 14.5 Å². The summed E-state index contributed by atoms with van der Waals surface area (Å²) < 4.78 is 58.5. The lowest BCUT2D eigenvalue weighted by atomic mass is 10.2. The van der Waals surface area contributed by atoms with Crippen molar-refractivity contribution in [2.75, 3.05) is 4.72 Å². The van der Waals surface area contributed by atoms with Crippen molar-refractivity contribution in [3.05, 3.63) is 59.8 Å². The molecular weight excluding hydrogens is 386 g/mol. The summed E-state index contributed by atoms with van der Waals surface area (Å²) >= 11 is 5.83. The van der Waals surface area contributed by atoms with E-state index in [4.69, 9.17) is 11.6 Å². The summed E-state index contributed by atoms with van der Waals surface area (Å²) in [5, 5.41) is 0.782. The van der Waals surface area contributed by atoms with Gasteiger partial charge in [-0.25, -0.2) is 8.42 Å². The minimum absolute atomic E-state index is 0.0637. The molecule has 0 saturated heterocycles. The van der Waals surface area contributed by atoms with Gasteiger partial charge >= 0.3 is 6.11 Å². The molecule has 1 aromatic heterocycles. The third-order valence-corrected chi connectivity index (χ3v) is 4.96. The first-order valence-electron chi connectivity index (χ1n) is 7.38. The Labute approximate surface area is 153 Å². The molecule has 3 aromatic rings. The second kappa shape index (κ2) is 6.69. The van der Waals surface area contributed by atoms with Crippen LogP contribution in [0.15, 0.2) is 59.6 Å². The van der Waals surface area contributed by atoms with Crippen LogP contribution >= 0.6 is 11.6 Å². The SMILES string of the molecule is CC(F)(F)Oc1ccc(Cl)cc1S(=O)(=O)Nc1cnc2ccccc2c1. The Morgan fingerprint density at radius 3 is 2.62 bits per heavy atom. The Balaban J connectivity index is 2.00. The zero-order valence-corrected chi connectivity index (χ0v) is 15.0. The number of alkyl halides is 2. The van der Waals surface area contributed by atoms with Crippen molar-refractivity contribution in [1.29, 1.82) is 0 Å². The van der Waals surface area contributed by atoms with Gasteiger partial charge in [0.25, 0.3) is 10.0 Å². The standard InChI is InChI=1S/C17H13ClF2N2O3S/c1-17(19,20)25-15-7-6-12(18)9-16(15)26(23,24)22-13-8-11-4-2-3-5-14(11)21-10-13/h2-10,22H,1H3. The molecule has 1 N–H and O–H groups in total. The van der Waals surface area contributed by atoms with E-state index in [1.54, 1.807) is 30.3 Å². The fraction of sp³-hybridized carbons (Fsp3) is 0.118. The first-order valence-corrected chi connectivity index (χ1v) is 9.24. The molecule has 5 nitrogen and oxygen atoms in total. The largest absolute Gasteiger partial charge is 0.431 e. The number of anilines is 1. The number of nitrogens with one attached hydrogen (secondary N) is 1. The van der Waals surface area contributed by atoms with Crippen LogP contribution in [-0.2, 0) is 10.0 Å². The van der Waals surface area contributed by atoms with Crippen molar-refractivity contribution >= 4 is 38.2 Å². The summed E-state index contributed by atoms with van der Waals surface area (Å²) in [6.45, 7) is 0.513. The number of rotatable bonds is 5. The van der Waals surface area contributed by atoms with E-state index in [9.17, 15) is 17.2 Å². The third-order valence-electron chi connectivity index (χ3n) is 3.33. The summed E-state index contributed by atoms with van der Waals surface area (Å²) in [6, 6.07) is 12.1. The van der Waals surface area contributed by atoms with Gasteiger partial charge in [-0.2, -0.15) is 8.78 Å². The number of halogens is 3. The summed E-state index contributed by atoms with van der Waals surface area (Å²) in [5.74, 6) is -0.511. The molecule has 0 atom stereocenters. The number of fused-ring (bicyclic) bond motifs is 1. The van der Waals surface area contributed by atoms with Crippen molar-refractivity contribution in [3.63, 3.8) is 0 Å². The number of pyridine rings is 1. The van der Waals surface area contributed by atoms with Gasteiger partial charge in [0.15, 0.2) is 0 Å². The molecule has 3 rings (SSSR count).